The van der Waals surface area contributed by atoms with Crippen LogP contribution in [-0.2, 0) is 0 Å². The molecule has 0 spiro atoms. The van der Waals surface area contributed by atoms with E-state index in [2.05, 4.69) is 18.2 Å². The molecule has 0 radical (unpaired) electrons. The van der Waals surface area contributed by atoms with E-state index in [1.54, 1.807) is 5.56 Å². The fourth-order valence-electron chi connectivity index (χ4n) is 3.74. The average Bonchev–Trinajstić information content (AvgIpc) is 2.75. The van der Waals surface area contributed by atoms with Gasteiger partial charge in [0.05, 0.1) is 0 Å². The van der Waals surface area contributed by atoms with Crippen molar-refractivity contribution >= 4 is 11.6 Å². The first-order valence-electron chi connectivity index (χ1n) is 5.14. The lowest BCUT2D eigenvalue weighted by molar-refractivity contribution is 0.639. The van der Waals surface area contributed by atoms with Crippen LogP contribution in [0.25, 0.3) is 0 Å². The summed E-state index contributed by atoms with van der Waals surface area (Å²) in [6, 6.07) is 6.46. The lowest BCUT2D eigenvalue weighted by Crippen LogP contribution is -2.00. The molecule has 0 nitrogen and oxygen atoms in total. The van der Waals surface area contributed by atoms with Crippen LogP contribution in [0, 0.1) is 11.8 Å². The summed E-state index contributed by atoms with van der Waals surface area (Å²) >= 11 is 6.25. The summed E-state index contributed by atoms with van der Waals surface area (Å²) < 4.78 is 0. The molecule has 4 unspecified atom stereocenters. The van der Waals surface area contributed by atoms with E-state index in [4.69, 9.17) is 11.6 Å². The van der Waals surface area contributed by atoms with Gasteiger partial charge in [-0.05, 0) is 53.7 Å². The largest absolute Gasteiger partial charge is 0.0840 e. The van der Waals surface area contributed by atoms with Crippen molar-refractivity contribution in [3.8, 4) is 0 Å². The molecule has 4 atom stereocenters. The molecule has 2 fully saturated rings. The van der Waals surface area contributed by atoms with Crippen molar-refractivity contribution in [2.45, 2.75) is 24.7 Å². The monoisotopic (exact) mass is 190 g/mol. The van der Waals surface area contributed by atoms with Gasteiger partial charge in [-0.25, -0.2) is 0 Å². The van der Waals surface area contributed by atoms with E-state index in [1.807, 2.05) is 0 Å². The SMILES string of the molecule is Clc1cccc2c1C1CC2C2CC12. The minimum Gasteiger partial charge on any atom is -0.0840 e. The Morgan fingerprint density at radius 2 is 1.92 bits per heavy atom. The van der Waals surface area contributed by atoms with Crippen molar-refractivity contribution < 1.29 is 0 Å². The predicted molar refractivity (Wildman–Crippen MR) is 53.1 cm³/mol. The van der Waals surface area contributed by atoms with Crippen molar-refractivity contribution in [1.29, 1.82) is 0 Å². The van der Waals surface area contributed by atoms with Gasteiger partial charge >= 0.3 is 0 Å². The summed E-state index contributed by atoms with van der Waals surface area (Å²) in [5, 5.41) is 1.02. The molecule has 0 N–H and O–H groups in total. The van der Waals surface area contributed by atoms with Gasteiger partial charge in [0.1, 0.15) is 0 Å². The molecular formula is C12H11Cl. The second-order valence-corrected chi connectivity index (χ2v) is 5.16. The number of hydrogen-bond donors (Lipinski definition) is 0. The summed E-state index contributed by atoms with van der Waals surface area (Å²) in [6.07, 6.45) is 2.87. The van der Waals surface area contributed by atoms with Crippen LogP contribution in [0.2, 0.25) is 5.02 Å². The van der Waals surface area contributed by atoms with Gasteiger partial charge in [0, 0.05) is 5.02 Å². The highest BCUT2D eigenvalue weighted by atomic mass is 35.5. The van der Waals surface area contributed by atoms with E-state index in [-0.39, 0.29) is 0 Å². The Hall–Kier alpha value is -0.490. The molecule has 4 rings (SSSR count). The Labute approximate surface area is 82.9 Å². The first-order valence-corrected chi connectivity index (χ1v) is 5.52. The molecule has 1 aromatic rings. The quantitative estimate of drug-likeness (QED) is 0.587. The van der Waals surface area contributed by atoms with Crippen LogP contribution in [0.1, 0.15) is 35.8 Å². The van der Waals surface area contributed by atoms with Gasteiger partial charge in [-0.15, -0.1) is 0 Å². The van der Waals surface area contributed by atoms with Crippen LogP contribution in [0.5, 0.6) is 0 Å². The van der Waals surface area contributed by atoms with Gasteiger partial charge < -0.3 is 0 Å². The number of halogens is 1. The molecule has 0 saturated heterocycles. The van der Waals surface area contributed by atoms with Gasteiger partial charge in [-0.2, -0.15) is 0 Å². The topological polar surface area (TPSA) is 0 Å². The van der Waals surface area contributed by atoms with E-state index in [1.165, 1.54) is 18.4 Å². The van der Waals surface area contributed by atoms with Crippen molar-refractivity contribution in [2.24, 2.45) is 11.8 Å². The molecule has 3 aliphatic carbocycles. The molecule has 0 aromatic heterocycles. The molecular weight excluding hydrogens is 180 g/mol. The predicted octanol–water partition coefficient (Wildman–Crippen LogP) is 3.56. The molecule has 2 saturated carbocycles. The summed E-state index contributed by atoms with van der Waals surface area (Å²) in [5.41, 5.74) is 3.09. The fourth-order valence-corrected chi connectivity index (χ4v) is 4.06. The third-order valence-electron chi connectivity index (χ3n) is 4.29. The van der Waals surface area contributed by atoms with E-state index in [9.17, 15) is 0 Å². The van der Waals surface area contributed by atoms with E-state index in [0.717, 1.165) is 28.7 Å². The number of benzene rings is 1. The molecule has 1 aromatic carbocycles. The number of hydrogen-bond acceptors (Lipinski definition) is 0. The zero-order chi connectivity index (χ0) is 8.58. The summed E-state index contributed by atoms with van der Waals surface area (Å²) in [7, 11) is 0. The van der Waals surface area contributed by atoms with Gasteiger partial charge in [-0.1, -0.05) is 23.7 Å². The summed E-state index contributed by atoms with van der Waals surface area (Å²) in [4.78, 5) is 0. The Bertz CT molecular complexity index is 396. The normalized spacial score (nSPS) is 43.2. The molecule has 3 aliphatic rings. The maximum atomic E-state index is 6.25. The molecule has 0 amide bonds. The van der Waals surface area contributed by atoms with E-state index >= 15 is 0 Å². The van der Waals surface area contributed by atoms with Crippen LogP contribution < -0.4 is 0 Å². The van der Waals surface area contributed by atoms with Crippen LogP contribution in [-0.4, -0.2) is 0 Å². The summed E-state index contributed by atoms with van der Waals surface area (Å²) in [5.74, 6) is 3.76. The number of fused-ring (bicyclic) bond motifs is 8. The molecule has 2 bridgehead atoms. The minimum absolute atomic E-state index is 0.832. The Morgan fingerprint density at radius 1 is 1.08 bits per heavy atom. The smallest absolute Gasteiger partial charge is 0.0443 e. The second kappa shape index (κ2) is 1.95. The average molecular weight is 191 g/mol. The maximum absolute atomic E-state index is 6.25. The third-order valence-corrected chi connectivity index (χ3v) is 4.62. The van der Waals surface area contributed by atoms with Crippen LogP contribution in [0.4, 0.5) is 0 Å². The van der Waals surface area contributed by atoms with Crippen molar-refractivity contribution in [1.82, 2.24) is 0 Å². The zero-order valence-electron chi connectivity index (χ0n) is 7.33. The first-order chi connectivity index (χ1) is 6.36. The van der Waals surface area contributed by atoms with Gasteiger partial charge in [0.2, 0.25) is 0 Å². The molecule has 1 heteroatoms. The van der Waals surface area contributed by atoms with Gasteiger partial charge in [0.15, 0.2) is 0 Å². The highest BCUT2D eigenvalue weighted by Gasteiger charge is 2.60. The van der Waals surface area contributed by atoms with E-state index < -0.39 is 0 Å². The highest BCUT2D eigenvalue weighted by Crippen LogP contribution is 2.71. The molecule has 0 aliphatic heterocycles. The lowest BCUT2D eigenvalue weighted by Gasteiger charge is -2.15. The van der Waals surface area contributed by atoms with Crippen molar-refractivity contribution in [3.63, 3.8) is 0 Å². The third kappa shape index (κ3) is 0.667. The zero-order valence-corrected chi connectivity index (χ0v) is 8.09. The molecule has 0 heterocycles. The van der Waals surface area contributed by atoms with E-state index in [0.29, 0.717) is 0 Å². The highest BCUT2D eigenvalue weighted by molar-refractivity contribution is 6.31. The summed E-state index contributed by atoms with van der Waals surface area (Å²) in [6.45, 7) is 0. The minimum atomic E-state index is 0.832. The Balaban J connectivity index is 2.02. The second-order valence-electron chi connectivity index (χ2n) is 4.75. The lowest BCUT2D eigenvalue weighted by atomic mass is 9.92. The fraction of sp³-hybridized carbons (Fsp3) is 0.500. The standard InChI is InChI=1S/C12H11Cl/c13-11-3-1-2-6-7-5-10(12(6)11)9-4-8(7)9/h1-3,7-10H,4-5H2. The van der Waals surface area contributed by atoms with Crippen LogP contribution >= 0.6 is 11.6 Å². The Morgan fingerprint density at radius 3 is 2.85 bits per heavy atom. The Kier molecular flexibility index (Phi) is 1.04. The molecule has 13 heavy (non-hydrogen) atoms. The first kappa shape index (κ1) is 6.89. The molecule has 66 valence electrons. The van der Waals surface area contributed by atoms with Gasteiger partial charge in [-0.3, -0.25) is 0 Å². The maximum Gasteiger partial charge on any atom is 0.0443 e. The van der Waals surface area contributed by atoms with Crippen LogP contribution in [0.3, 0.4) is 0 Å². The number of rotatable bonds is 0. The van der Waals surface area contributed by atoms with Gasteiger partial charge in [0.25, 0.3) is 0 Å². The van der Waals surface area contributed by atoms with Crippen LogP contribution in [0.15, 0.2) is 18.2 Å². The van der Waals surface area contributed by atoms with Crippen molar-refractivity contribution in [2.75, 3.05) is 0 Å². The van der Waals surface area contributed by atoms with Crippen molar-refractivity contribution in [3.05, 3.63) is 34.3 Å².